The Morgan fingerprint density at radius 3 is 2.36 bits per heavy atom. The molecule has 3 rings (SSSR count). The van der Waals surface area contributed by atoms with Crippen molar-refractivity contribution in [2.45, 2.75) is 4.90 Å². The molecule has 28 heavy (non-hydrogen) atoms. The van der Waals surface area contributed by atoms with E-state index in [-0.39, 0.29) is 17.5 Å². The summed E-state index contributed by atoms with van der Waals surface area (Å²) < 4.78 is 18.1. The molecule has 0 heterocycles. The van der Waals surface area contributed by atoms with Crippen LogP contribution >= 0.6 is 11.8 Å². The summed E-state index contributed by atoms with van der Waals surface area (Å²) in [5, 5.41) is 2.76. The maximum Gasteiger partial charge on any atom is 0.255 e. The molecule has 3 aromatic rings. The van der Waals surface area contributed by atoms with Crippen LogP contribution in [0.15, 0.2) is 77.7 Å². The summed E-state index contributed by atoms with van der Waals surface area (Å²) in [5.74, 6) is 0.263. The van der Waals surface area contributed by atoms with E-state index >= 15 is 0 Å². The average molecular weight is 395 g/mol. The third-order valence-corrected chi connectivity index (χ3v) is 4.99. The topological polar surface area (TPSA) is 55.4 Å². The molecule has 142 valence electrons. The number of rotatable bonds is 7. The number of hydrogen-bond acceptors (Lipinski definition) is 4. The quantitative estimate of drug-likeness (QED) is 0.449. The van der Waals surface area contributed by atoms with E-state index in [1.807, 2.05) is 12.1 Å². The lowest BCUT2D eigenvalue weighted by atomic mass is 10.1. The second-order valence-electron chi connectivity index (χ2n) is 5.93. The van der Waals surface area contributed by atoms with Crippen LogP contribution in [0, 0.1) is 5.82 Å². The lowest BCUT2D eigenvalue weighted by Gasteiger charge is -2.07. The Bertz CT molecular complexity index is 972. The lowest BCUT2D eigenvalue weighted by Crippen LogP contribution is -2.11. The minimum atomic E-state index is -0.388. The molecule has 0 saturated heterocycles. The molecular formula is C22H18FNO3S. The van der Waals surface area contributed by atoms with Gasteiger partial charge in [-0.3, -0.25) is 9.59 Å². The number of Topliss-reactive ketones (excluding diaryl/α,β-unsaturated/α-hetero) is 1. The number of methoxy groups -OCH3 is 1. The van der Waals surface area contributed by atoms with Crippen molar-refractivity contribution in [3.63, 3.8) is 0 Å². The monoisotopic (exact) mass is 395 g/mol. The van der Waals surface area contributed by atoms with Crippen LogP contribution in [0.1, 0.15) is 20.7 Å². The van der Waals surface area contributed by atoms with Gasteiger partial charge in [-0.2, -0.15) is 0 Å². The molecule has 0 aliphatic carbocycles. The fourth-order valence-corrected chi connectivity index (χ4v) is 3.26. The van der Waals surface area contributed by atoms with Crippen LogP contribution in [0.5, 0.6) is 5.75 Å². The summed E-state index contributed by atoms with van der Waals surface area (Å²) in [5.41, 5.74) is 1.61. The van der Waals surface area contributed by atoms with Gasteiger partial charge in [-0.1, -0.05) is 12.1 Å². The van der Waals surface area contributed by atoms with Crippen LogP contribution in [0.4, 0.5) is 10.1 Å². The smallest absolute Gasteiger partial charge is 0.255 e. The highest BCUT2D eigenvalue weighted by Gasteiger charge is 2.09. The molecule has 0 aromatic heterocycles. The Labute approximate surface area is 166 Å². The maximum absolute atomic E-state index is 12.9. The fourth-order valence-electron chi connectivity index (χ4n) is 2.47. The molecule has 0 unspecified atom stereocenters. The Kier molecular flexibility index (Phi) is 6.45. The highest BCUT2D eigenvalue weighted by atomic mass is 32.2. The Morgan fingerprint density at radius 2 is 1.68 bits per heavy atom. The number of anilines is 1. The van der Waals surface area contributed by atoms with E-state index in [2.05, 4.69) is 5.32 Å². The first-order chi connectivity index (χ1) is 13.5. The van der Waals surface area contributed by atoms with Crippen molar-refractivity contribution in [2.75, 3.05) is 18.2 Å². The second-order valence-corrected chi connectivity index (χ2v) is 6.98. The van der Waals surface area contributed by atoms with Gasteiger partial charge in [0.15, 0.2) is 5.78 Å². The fraction of sp³-hybridized carbons (Fsp3) is 0.0909. The van der Waals surface area contributed by atoms with Gasteiger partial charge in [0.25, 0.3) is 5.91 Å². The average Bonchev–Trinajstić information content (AvgIpc) is 2.73. The van der Waals surface area contributed by atoms with Gasteiger partial charge >= 0.3 is 0 Å². The van der Waals surface area contributed by atoms with Crippen molar-refractivity contribution in [2.24, 2.45) is 0 Å². The number of hydrogen-bond donors (Lipinski definition) is 1. The van der Waals surface area contributed by atoms with Gasteiger partial charge in [-0.15, -0.1) is 11.8 Å². The summed E-state index contributed by atoms with van der Waals surface area (Å²) in [6.45, 7) is 0. The molecule has 6 heteroatoms. The number of carbonyl (C=O) groups is 2. The summed E-state index contributed by atoms with van der Waals surface area (Å²) in [7, 11) is 1.56. The maximum atomic E-state index is 12.9. The van der Waals surface area contributed by atoms with E-state index in [9.17, 15) is 14.0 Å². The second kappa shape index (κ2) is 9.19. The van der Waals surface area contributed by atoms with Crippen molar-refractivity contribution >= 4 is 29.1 Å². The molecule has 4 nitrogen and oxygen atoms in total. The van der Waals surface area contributed by atoms with Crippen LogP contribution in [-0.4, -0.2) is 24.6 Å². The SMILES string of the molecule is COc1cccc(C(=O)CSc2ccc(NC(=O)c3ccc(F)cc3)cc2)c1. The molecule has 0 spiro atoms. The molecule has 0 atom stereocenters. The number of benzene rings is 3. The largest absolute Gasteiger partial charge is 0.497 e. The highest BCUT2D eigenvalue weighted by Crippen LogP contribution is 2.23. The van der Waals surface area contributed by atoms with Gasteiger partial charge in [0, 0.05) is 21.7 Å². The third-order valence-electron chi connectivity index (χ3n) is 3.98. The number of nitrogens with one attached hydrogen (secondary N) is 1. The van der Waals surface area contributed by atoms with Gasteiger partial charge in [-0.05, 0) is 60.7 Å². The molecular weight excluding hydrogens is 377 g/mol. The molecule has 0 fully saturated rings. The van der Waals surface area contributed by atoms with Crippen molar-refractivity contribution < 1.29 is 18.7 Å². The number of thioether (sulfide) groups is 1. The first-order valence-corrected chi connectivity index (χ1v) is 9.51. The highest BCUT2D eigenvalue weighted by molar-refractivity contribution is 8.00. The van der Waals surface area contributed by atoms with Crippen LogP contribution in [-0.2, 0) is 0 Å². The molecule has 0 radical (unpaired) electrons. The molecule has 0 aliphatic heterocycles. The van der Waals surface area contributed by atoms with Crippen molar-refractivity contribution in [3.05, 3.63) is 89.7 Å². The van der Waals surface area contributed by atoms with Crippen LogP contribution in [0.3, 0.4) is 0 Å². The first-order valence-electron chi connectivity index (χ1n) is 8.52. The molecule has 1 N–H and O–H groups in total. The van der Waals surface area contributed by atoms with Crippen molar-refractivity contribution in [1.82, 2.24) is 0 Å². The normalized spacial score (nSPS) is 10.4. The standard InChI is InChI=1S/C22H18FNO3S/c1-27-19-4-2-3-16(13-19)21(25)14-28-20-11-9-18(10-12-20)24-22(26)15-5-7-17(23)8-6-15/h2-13H,14H2,1H3,(H,24,26). The van der Waals surface area contributed by atoms with Gasteiger partial charge in [0.2, 0.25) is 0 Å². The lowest BCUT2D eigenvalue weighted by molar-refractivity contribution is 0.101. The van der Waals surface area contributed by atoms with E-state index in [0.717, 1.165) is 4.90 Å². The first kappa shape index (κ1) is 19.6. The van der Waals surface area contributed by atoms with E-state index in [0.29, 0.717) is 28.3 Å². The third kappa shape index (κ3) is 5.20. The van der Waals surface area contributed by atoms with Crippen LogP contribution in [0.2, 0.25) is 0 Å². The van der Waals surface area contributed by atoms with E-state index in [1.54, 1.807) is 43.5 Å². The molecule has 0 bridgehead atoms. The summed E-state index contributed by atoms with van der Waals surface area (Å²) in [6, 6.07) is 19.6. The zero-order valence-electron chi connectivity index (χ0n) is 15.1. The predicted molar refractivity (Wildman–Crippen MR) is 109 cm³/mol. The van der Waals surface area contributed by atoms with E-state index in [4.69, 9.17) is 4.74 Å². The Morgan fingerprint density at radius 1 is 0.964 bits per heavy atom. The number of ether oxygens (including phenoxy) is 1. The Hall–Kier alpha value is -3.12. The van der Waals surface area contributed by atoms with Crippen molar-refractivity contribution in [1.29, 1.82) is 0 Å². The molecule has 1 amide bonds. The predicted octanol–water partition coefficient (Wildman–Crippen LogP) is 5.06. The van der Waals surface area contributed by atoms with E-state index in [1.165, 1.54) is 36.0 Å². The zero-order chi connectivity index (χ0) is 19.9. The molecule has 0 saturated carbocycles. The van der Waals surface area contributed by atoms with Crippen LogP contribution in [0.25, 0.3) is 0 Å². The number of carbonyl (C=O) groups excluding carboxylic acids is 2. The number of halogens is 1. The minimum absolute atomic E-state index is 0.0117. The molecule has 0 aliphatic rings. The van der Waals surface area contributed by atoms with Gasteiger partial charge < -0.3 is 10.1 Å². The number of ketones is 1. The number of amides is 1. The van der Waals surface area contributed by atoms with Gasteiger partial charge in [0.1, 0.15) is 11.6 Å². The van der Waals surface area contributed by atoms with E-state index < -0.39 is 0 Å². The van der Waals surface area contributed by atoms with Crippen LogP contribution < -0.4 is 10.1 Å². The molecule has 3 aromatic carbocycles. The Balaban J connectivity index is 1.56. The summed E-state index contributed by atoms with van der Waals surface area (Å²) in [4.78, 5) is 25.4. The summed E-state index contributed by atoms with van der Waals surface area (Å²) in [6.07, 6.45) is 0. The minimum Gasteiger partial charge on any atom is -0.497 e. The zero-order valence-corrected chi connectivity index (χ0v) is 16.0. The van der Waals surface area contributed by atoms with Crippen molar-refractivity contribution in [3.8, 4) is 5.75 Å². The van der Waals surface area contributed by atoms with Gasteiger partial charge in [-0.25, -0.2) is 4.39 Å². The van der Waals surface area contributed by atoms with Gasteiger partial charge in [0.05, 0.1) is 12.9 Å². The summed E-state index contributed by atoms with van der Waals surface area (Å²) >= 11 is 1.42.